The number of nitrogens with zero attached hydrogens (tertiary/aromatic N) is 2. The van der Waals surface area contributed by atoms with E-state index in [0.717, 1.165) is 19.6 Å². The summed E-state index contributed by atoms with van der Waals surface area (Å²) in [4.78, 5) is 15.8. The van der Waals surface area contributed by atoms with Gasteiger partial charge >= 0.3 is 0 Å². The summed E-state index contributed by atoms with van der Waals surface area (Å²) in [5.74, 6) is 5.57. The summed E-state index contributed by atoms with van der Waals surface area (Å²) in [6.07, 6.45) is 0. The molecule has 5 heteroatoms. The quantitative estimate of drug-likeness (QED) is 0.364. The van der Waals surface area contributed by atoms with E-state index in [-0.39, 0.29) is 11.9 Å². The molecule has 0 rings (SSSR count). The van der Waals surface area contributed by atoms with Gasteiger partial charge in [-0.1, -0.05) is 13.8 Å². The zero-order valence-electron chi connectivity index (χ0n) is 11.2. The molecule has 0 radical (unpaired) electrons. The molecule has 96 valence electrons. The minimum atomic E-state index is -0.174. The van der Waals surface area contributed by atoms with Crippen LogP contribution in [0.1, 0.15) is 20.8 Å². The third-order valence-electron chi connectivity index (χ3n) is 2.50. The second-order valence-corrected chi connectivity index (χ2v) is 4.88. The molecule has 0 bridgehead atoms. The maximum absolute atomic E-state index is 11.5. The Morgan fingerprint density at radius 2 is 1.81 bits per heavy atom. The molecule has 0 aromatic rings. The van der Waals surface area contributed by atoms with E-state index in [2.05, 4.69) is 29.1 Å². The summed E-state index contributed by atoms with van der Waals surface area (Å²) in [7, 11) is 4.06. The Bertz CT molecular complexity index is 206. The van der Waals surface area contributed by atoms with Crippen molar-refractivity contribution < 1.29 is 4.79 Å². The standard InChI is InChI=1S/C11H26N4O/c1-9(2)8-15(7-6-14(4)5)10(3)11(16)13-12/h9-10H,6-8,12H2,1-5H3,(H,13,16). The number of hydrogen-bond acceptors (Lipinski definition) is 4. The average Bonchev–Trinajstić information content (AvgIpc) is 2.21. The molecule has 1 amide bonds. The summed E-state index contributed by atoms with van der Waals surface area (Å²) in [6, 6.07) is -0.174. The van der Waals surface area contributed by atoms with Gasteiger partial charge in [0.05, 0.1) is 6.04 Å². The predicted molar refractivity (Wildman–Crippen MR) is 66.8 cm³/mol. The minimum absolute atomic E-state index is 0.126. The fourth-order valence-electron chi connectivity index (χ4n) is 1.53. The lowest BCUT2D eigenvalue weighted by Gasteiger charge is -2.30. The van der Waals surface area contributed by atoms with Crippen LogP contribution in [-0.2, 0) is 4.79 Å². The van der Waals surface area contributed by atoms with Gasteiger partial charge in [0.25, 0.3) is 5.91 Å². The van der Waals surface area contributed by atoms with Crippen molar-refractivity contribution in [3.63, 3.8) is 0 Å². The van der Waals surface area contributed by atoms with E-state index in [0.29, 0.717) is 5.92 Å². The Morgan fingerprint density at radius 3 is 2.19 bits per heavy atom. The number of hydrogen-bond donors (Lipinski definition) is 2. The highest BCUT2D eigenvalue weighted by atomic mass is 16.2. The van der Waals surface area contributed by atoms with Gasteiger partial charge in [-0.3, -0.25) is 15.1 Å². The zero-order valence-corrected chi connectivity index (χ0v) is 11.2. The van der Waals surface area contributed by atoms with Gasteiger partial charge in [0.1, 0.15) is 0 Å². The van der Waals surface area contributed by atoms with Crippen molar-refractivity contribution in [2.24, 2.45) is 11.8 Å². The third kappa shape index (κ3) is 6.05. The number of amides is 1. The van der Waals surface area contributed by atoms with Gasteiger partial charge in [0.15, 0.2) is 0 Å². The van der Waals surface area contributed by atoms with Gasteiger partial charge in [-0.2, -0.15) is 0 Å². The second kappa shape index (κ2) is 7.60. The molecule has 0 aliphatic rings. The lowest BCUT2D eigenvalue weighted by molar-refractivity contribution is -0.126. The highest BCUT2D eigenvalue weighted by Gasteiger charge is 2.20. The molecule has 0 fully saturated rings. The van der Waals surface area contributed by atoms with Crippen molar-refractivity contribution in [3.8, 4) is 0 Å². The molecule has 0 aliphatic carbocycles. The molecular weight excluding hydrogens is 204 g/mol. The van der Waals surface area contributed by atoms with Crippen molar-refractivity contribution in [2.75, 3.05) is 33.7 Å². The average molecular weight is 230 g/mol. The maximum atomic E-state index is 11.5. The largest absolute Gasteiger partial charge is 0.308 e. The first-order valence-corrected chi connectivity index (χ1v) is 5.77. The molecule has 1 atom stereocenters. The molecule has 5 nitrogen and oxygen atoms in total. The van der Waals surface area contributed by atoms with Gasteiger partial charge in [-0.05, 0) is 26.9 Å². The van der Waals surface area contributed by atoms with E-state index in [1.54, 1.807) is 0 Å². The van der Waals surface area contributed by atoms with Crippen molar-refractivity contribution >= 4 is 5.91 Å². The topological polar surface area (TPSA) is 61.6 Å². The third-order valence-corrected chi connectivity index (χ3v) is 2.50. The molecule has 0 aromatic heterocycles. The molecular formula is C11H26N4O. The summed E-state index contributed by atoms with van der Waals surface area (Å²) < 4.78 is 0. The number of carbonyl (C=O) groups excluding carboxylic acids is 1. The van der Waals surface area contributed by atoms with Gasteiger partial charge < -0.3 is 4.90 Å². The van der Waals surface area contributed by atoms with Crippen molar-refractivity contribution in [1.82, 2.24) is 15.2 Å². The lowest BCUT2D eigenvalue weighted by atomic mass is 10.1. The maximum Gasteiger partial charge on any atom is 0.250 e. The Morgan fingerprint density at radius 1 is 1.25 bits per heavy atom. The monoisotopic (exact) mass is 230 g/mol. The van der Waals surface area contributed by atoms with E-state index in [1.165, 1.54) is 0 Å². The van der Waals surface area contributed by atoms with Gasteiger partial charge in [0.2, 0.25) is 0 Å². The first-order chi connectivity index (χ1) is 7.38. The van der Waals surface area contributed by atoms with Crippen molar-refractivity contribution in [1.29, 1.82) is 0 Å². The lowest BCUT2D eigenvalue weighted by Crippen LogP contribution is -2.50. The van der Waals surface area contributed by atoms with E-state index < -0.39 is 0 Å². The first kappa shape index (κ1) is 15.3. The number of rotatable bonds is 7. The van der Waals surface area contributed by atoms with E-state index in [4.69, 9.17) is 5.84 Å². The van der Waals surface area contributed by atoms with Crippen molar-refractivity contribution in [3.05, 3.63) is 0 Å². The van der Waals surface area contributed by atoms with Crippen LogP contribution in [0.3, 0.4) is 0 Å². The highest BCUT2D eigenvalue weighted by molar-refractivity contribution is 5.80. The fraction of sp³-hybridized carbons (Fsp3) is 0.909. The van der Waals surface area contributed by atoms with Gasteiger partial charge in [0, 0.05) is 19.6 Å². The molecule has 0 aliphatic heterocycles. The summed E-state index contributed by atoms with van der Waals surface area (Å²) in [5.41, 5.74) is 2.21. The molecule has 0 saturated carbocycles. The van der Waals surface area contributed by atoms with Crippen LogP contribution < -0.4 is 11.3 Å². The first-order valence-electron chi connectivity index (χ1n) is 5.77. The molecule has 0 heterocycles. The molecule has 16 heavy (non-hydrogen) atoms. The molecule has 0 aromatic carbocycles. The predicted octanol–water partition coefficient (Wildman–Crippen LogP) is -0.116. The molecule has 3 N–H and O–H groups in total. The number of likely N-dealkylation sites (N-methyl/N-ethyl adjacent to an activating group) is 1. The zero-order chi connectivity index (χ0) is 12.7. The van der Waals surface area contributed by atoms with E-state index in [9.17, 15) is 4.79 Å². The molecule has 0 spiro atoms. The Kier molecular flexibility index (Phi) is 7.29. The number of nitrogens with two attached hydrogens (primary N) is 1. The number of nitrogens with one attached hydrogen (secondary N) is 1. The van der Waals surface area contributed by atoms with Gasteiger partial charge in [-0.15, -0.1) is 0 Å². The van der Waals surface area contributed by atoms with Crippen LogP contribution in [0.15, 0.2) is 0 Å². The van der Waals surface area contributed by atoms with Crippen LogP contribution in [-0.4, -0.2) is 55.5 Å². The number of carbonyl (C=O) groups is 1. The Labute approximate surface area is 98.9 Å². The van der Waals surface area contributed by atoms with Crippen LogP contribution in [0.4, 0.5) is 0 Å². The van der Waals surface area contributed by atoms with Crippen LogP contribution in [0.2, 0.25) is 0 Å². The van der Waals surface area contributed by atoms with E-state index >= 15 is 0 Å². The van der Waals surface area contributed by atoms with Crippen LogP contribution in [0.25, 0.3) is 0 Å². The van der Waals surface area contributed by atoms with Crippen molar-refractivity contribution in [2.45, 2.75) is 26.8 Å². The SMILES string of the molecule is CC(C)CN(CCN(C)C)C(C)C(=O)NN. The van der Waals surface area contributed by atoms with Crippen LogP contribution in [0.5, 0.6) is 0 Å². The normalized spacial score (nSPS) is 13.6. The molecule has 1 unspecified atom stereocenters. The summed E-state index contributed by atoms with van der Waals surface area (Å²) in [6.45, 7) is 8.91. The second-order valence-electron chi connectivity index (χ2n) is 4.88. The Hall–Kier alpha value is -0.650. The van der Waals surface area contributed by atoms with E-state index in [1.807, 2.05) is 21.0 Å². The summed E-state index contributed by atoms with van der Waals surface area (Å²) in [5, 5.41) is 0. The Balaban J connectivity index is 4.34. The van der Waals surface area contributed by atoms with Crippen LogP contribution >= 0.6 is 0 Å². The van der Waals surface area contributed by atoms with Gasteiger partial charge in [-0.25, -0.2) is 5.84 Å². The van der Waals surface area contributed by atoms with Crippen LogP contribution in [0, 0.1) is 5.92 Å². The summed E-state index contributed by atoms with van der Waals surface area (Å²) >= 11 is 0. The highest BCUT2D eigenvalue weighted by Crippen LogP contribution is 2.04. The minimum Gasteiger partial charge on any atom is -0.308 e. The smallest absolute Gasteiger partial charge is 0.250 e. The molecule has 0 saturated heterocycles. The fourth-order valence-corrected chi connectivity index (χ4v) is 1.53. The number of hydrazine groups is 1.